The van der Waals surface area contributed by atoms with Crippen LogP contribution in [0.4, 0.5) is 13.2 Å². The van der Waals surface area contributed by atoms with Crippen LogP contribution < -0.4 is 10.5 Å². The van der Waals surface area contributed by atoms with Gasteiger partial charge in [-0.15, -0.1) is 0 Å². The van der Waals surface area contributed by atoms with Crippen molar-refractivity contribution in [2.45, 2.75) is 13.8 Å². The Morgan fingerprint density at radius 1 is 0.429 bits per heavy atom. The molecule has 4 aliphatic carbocycles. The van der Waals surface area contributed by atoms with Gasteiger partial charge in [0.25, 0.3) is 0 Å². The third kappa shape index (κ3) is 12.4. The summed E-state index contributed by atoms with van der Waals surface area (Å²) in [6.45, 7) is 3.45. The normalized spacial score (nSPS) is 18.2. The van der Waals surface area contributed by atoms with Crippen LogP contribution >= 0.6 is 0 Å². The molecule has 4 aliphatic rings. The van der Waals surface area contributed by atoms with Gasteiger partial charge < -0.3 is 0 Å². The SMILES string of the molecule is C/C(=C\C(=O)[O][Sb]([O]C(=O)/C=C(\C)[C]1[CH][CH][CH][CH]1)([c]1ccc(F)cc1)([c]1ccc(F)cc1)[c]1ccc(F)cc1)[C]1[CH][CH][CH][CH]1.[CH]1[CH][CH][CH][CH]1.[CH]1[CH][CH][CH][CH]1.[Fe+2].[Fe+2]. The van der Waals surface area contributed by atoms with Crippen LogP contribution in [0, 0.1) is 145 Å². The maximum absolute atomic E-state index is 14.4. The number of allylic oxidation sites excluding steroid dienone is 2. The Morgan fingerprint density at radius 3 is 0.893 bits per heavy atom. The number of benzene rings is 3. The zero-order chi connectivity index (χ0) is 38.4. The molecule has 284 valence electrons. The van der Waals surface area contributed by atoms with E-state index >= 15 is 0 Å². The van der Waals surface area contributed by atoms with E-state index in [-0.39, 0.29) is 44.7 Å². The summed E-state index contributed by atoms with van der Waals surface area (Å²) in [5.41, 5.74) is 1.15. The first kappa shape index (κ1) is 48.1. The molecule has 4 nitrogen and oxygen atoms in total. The van der Waals surface area contributed by atoms with Crippen molar-refractivity contribution >= 4 is 40.7 Å². The number of rotatable bonds is 9. The van der Waals surface area contributed by atoms with Crippen LogP contribution in [0.1, 0.15) is 13.8 Å². The van der Waals surface area contributed by atoms with E-state index in [2.05, 4.69) is 0 Å². The van der Waals surface area contributed by atoms with Gasteiger partial charge >= 0.3 is 294 Å². The Labute approximate surface area is 356 Å². The molecule has 4 fully saturated rings. The molecule has 4 saturated carbocycles. The van der Waals surface area contributed by atoms with Gasteiger partial charge in [0, 0.05) is 0 Å². The monoisotopic (exact) mass is 944 g/mol. The zero-order valence-corrected chi connectivity index (χ0v) is 35.2. The number of halogens is 3. The Hall–Kier alpha value is -2.27. The van der Waals surface area contributed by atoms with Crippen molar-refractivity contribution in [3.63, 3.8) is 0 Å². The maximum Gasteiger partial charge on any atom is 2.00 e. The summed E-state index contributed by atoms with van der Waals surface area (Å²) >= 11 is -6.52. The van der Waals surface area contributed by atoms with Gasteiger partial charge in [0.1, 0.15) is 0 Å². The largest absolute Gasteiger partial charge is 2.00 e. The molecule has 0 unspecified atom stereocenters. The zero-order valence-electron chi connectivity index (χ0n) is 30.4. The Morgan fingerprint density at radius 2 is 0.661 bits per heavy atom. The van der Waals surface area contributed by atoms with Gasteiger partial charge in [0.2, 0.25) is 0 Å². The molecule has 0 aliphatic heterocycles. The summed E-state index contributed by atoms with van der Waals surface area (Å²) in [6, 6.07) is 15.2. The number of carbonyl (C=O) groups excluding carboxylic acids is 2. The third-order valence-electron chi connectivity index (χ3n) is 8.43. The average molecular weight is 945 g/mol. The second-order valence-electron chi connectivity index (χ2n) is 12.1. The molecular formula is C46H38F3Fe2O4Sb+4. The first-order valence-corrected chi connectivity index (χ1v) is 22.9. The van der Waals surface area contributed by atoms with Crippen LogP contribution in [0.25, 0.3) is 0 Å². The van der Waals surface area contributed by atoms with E-state index in [1.807, 2.05) is 116 Å². The molecule has 0 amide bonds. The molecule has 0 atom stereocenters. The molecule has 7 rings (SSSR count). The maximum atomic E-state index is 14.4. The number of hydrogen-bond acceptors (Lipinski definition) is 4. The van der Waals surface area contributed by atoms with Gasteiger partial charge in [0.05, 0.1) is 0 Å². The molecule has 3 aromatic rings. The van der Waals surface area contributed by atoms with Crippen LogP contribution in [-0.4, -0.2) is 30.2 Å². The van der Waals surface area contributed by atoms with Crippen molar-refractivity contribution < 1.29 is 62.9 Å². The van der Waals surface area contributed by atoms with Gasteiger partial charge in [-0.1, -0.05) is 0 Å². The van der Waals surface area contributed by atoms with Crippen molar-refractivity contribution in [3.8, 4) is 0 Å². The molecule has 20 radical (unpaired) electrons. The molecule has 0 bridgehead atoms. The molecule has 10 heteroatoms. The van der Waals surface area contributed by atoms with Gasteiger partial charge in [-0.3, -0.25) is 0 Å². The summed E-state index contributed by atoms with van der Waals surface area (Å²) in [7, 11) is 0. The fourth-order valence-electron chi connectivity index (χ4n) is 5.75. The van der Waals surface area contributed by atoms with Crippen LogP contribution in [0.2, 0.25) is 0 Å². The van der Waals surface area contributed by atoms with E-state index in [0.29, 0.717) is 11.1 Å². The predicted octanol–water partition coefficient (Wildman–Crippen LogP) is 7.35. The van der Waals surface area contributed by atoms with Gasteiger partial charge in [-0.2, -0.15) is 0 Å². The summed E-state index contributed by atoms with van der Waals surface area (Å²) in [4.78, 5) is 28.0. The Kier molecular flexibility index (Phi) is 20.1. The predicted molar refractivity (Wildman–Crippen MR) is 207 cm³/mol. The minimum atomic E-state index is -6.52. The average Bonchev–Trinajstić information content (AvgIpc) is 4.01. The van der Waals surface area contributed by atoms with Crippen LogP contribution in [0.5, 0.6) is 0 Å². The van der Waals surface area contributed by atoms with Crippen LogP contribution in [0.15, 0.2) is 96.1 Å². The Bertz CT molecular complexity index is 1540. The molecule has 0 spiro atoms. The molecule has 56 heavy (non-hydrogen) atoms. The van der Waals surface area contributed by atoms with E-state index in [0.717, 1.165) is 48.2 Å². The second-order valence-corrected chi connectivity index (χ2v) is 23.1. The quantitative estimate of drug-likeness (QED) is 0.167. The fraction of sp³-hybridized carbons (Fsp3) is 0.0435. The fourth-order valence-corrected chi connectivity index (χ4v) is 18.4. The van der Waals surface area contributed by atoms with E-state index in [1.54, 1.807) is 13.8 Å². The van der Waals surface area contributed by atoms with Crippen molar-refractivity contribution in [1.82, 2.24) is 0 Å². The summed E-state index contributed by atoms with van der Waals surface area (Å²) in [6.07, 6.45) is 37.1. The van der Waals surface area contributed by atoms with E-state index < -0.39 is 47.6 Å². The topological polar surface area (TPSA) is 52.6 Å². The van der Waals surface area contributed by atoms with Crippen LogP contribution in [0.3, 0.4) is 0 Å². The minimum Gasteiger partial charge on any atom is -0.0312 e. The van der Waals surface area contributed by atoms with Gasteiger partial charge in [0.15, 0.2) is 0 Å². The van der Waals surface area contributed by atoms with E-state index in [9.17, 15) is 22.8 Å². The molecule has 0 aromatic heterocycles. The second kappa shape index (κ2) is 23.4. The van der Waals surface area contributed by atoms with Crippen molar-refractivity contribution in [1.29, 1.82) is 0 Å². The molecule has 0 saturated heterocycles. The number of hydrogen-bond donors (Lipinski definition) is 0. The van der Waals surface area contributed by atoms with Gasteiger partial charge in [-0.25, -0.2) is 0 Å². The van der Waals surface area contributed by atoms with Crippen molar-refractivity contribution in [3.05, 3.63) is 241 Å². The first-order valence-electron chi connectivity index (χ1n) is 17.0. The van der Waals surface area contributed by atoms with Crippen molar-refractivity contribution in [2.75, 3.05) is 0 Å². The summed E-state index contributed by atoms with van der Waals surface area (Å²) < 4.78 is 56.8. The first-order chi connectivity index (χ1) is 26.1. The summed E-state index contributed by atoms with van der Waals surface area (Å²) in [5, 5.41) is 0. The smallest absolute Gasteiger partial charge is 0.0312 e. The van der Waals surface area contributed by atoms with Crippen molar-refractivity contribution in [2.24, 2.45) is 0 Å². The molecular weight excluding hydrogens is 907 g/mol. The van der Waals surface area contributed by atoms with E-state index in [1.165, 1.54) is 48.6 Å². The third-order valence-corrected chi connectivity index (χ3v) is 22.0. The van der Waals surface area contributed by atoms with E-state index in [4.69, 9.17) is 6.03 Å². The molecule has 3 aromatic carbocycles. The van der Waals surface area contributed by atoms with Gasteiger partial charge in [-0.05, 0) is 64.2 Å². The summed E-state index contributed by atoms with van der Waals surface area (Å²) in [5.74, 6) is -1.92. The standard InChI is InChI=1S/2C9H9O2.3C6H4F.2C5H5.2Fe.Sb/c2*1-7(6-9(10)11)8-4-2-3-5-8;3*7-6-4-2-1-3-5-6;2*1-2-4-5-3-1;;;/h2*2-6H,1H3,(H,10,11);3*2-5H;2*1-5H;;;/q;;;;;;;3*+2/p-2/b2*7-6+;;;;;;;;. The van der Waals surface area contributed by atoms with Crippen LogP contribution in [-0.2, 0) is 49.8 Å². The number of carbonyl (C=O) groups is 2. The minimum absolute atomic E-state index is 0. The molecule has 0 N–H and O–H groups in total. The molecule has 0 heterocycles. The Balaban J connectivity index is 0.000000608.